The minimum atomic E-state index is -0.399. The van der Waals surface area contributed by atoms with E-state index in [2.05, 4.69) is 13.8 Å². The maximum Gasteiger partial charge on any atom is 0.304 e. The van der Waals surface area contributed by atoms with Crippen LogP contribution in [0, 0.1) is 20.2 Å². The number of aryl methyl sites for hydroxylation is 2. The van der Waals surface area contributed by atoms with Crippen molar-refractivity contribution >= 4 is 61.3 Å². The van der Waals surface area contributed by atoms with Gasteiger partial charge in [0.1, 0.15) is 17.3 Å². The fourth-order valence-corrected chi connectivity index (χ4v) is 6.17. The van der Waals surface area contributed by atoms with E-state index >= 15 is 0 Å². The van der Waals surface area contributed by atoms with Gasteiger partial charge in [0.15, 0.2) is 0 Å². The van der Waals surface area contributed by atoms with E-state index in [4.69, 9.17) is 0 Å². The lowest BCUT2D eigenvalue weighted by Gasteiger charge is -2.10. The summed E-state index contributed by atoms with van der Waals surface area (Å²) in [5.41, 5.74) is 2.07. The molecule has 0 unspecified atom stereocenters. The van der Waals surface area contributed by atoms with E-state index in [-0.39, 0.29) is 32.7 Å². The van der Waals surface area contributed by atoms with Crippen molar-refractivity contribution in [2.24, 2.45) is 0 Å². The van der Waals surface area contributed by atoms with E-state index in [0.29, 0.717) is 46.6 Å². The molecule has 0 spiro atoms. The van der Waals surface area contributed by atoms with Crippen LogP contribution in [0.15, 0.2) is 42.5 Å². The Labute approximate surface area is 231 Å². The van der Waals surface area contributed by atoms with Gasteiger partial charge in [-0.05, 0) is 37.1 Å². The van der Waals surface area contributed by atoms with E-state index in [1.807, 2.05) is 33.4 Å². The van der Waals surface area contributed by atoms with Crippen molar-refractivity contribution in [2.45, 2.75) is 78.3 Å². The minimum absolute atomic E-state index is 0.113. The molecular weight excluding hydrogens is 508 g/mol. The third-order valence-corrected chi connectivity index (χ3v) is 7.95. The Balaban J connectivity index is 1.99. The third-order valence-electron chi connectivity index (χ3n) is 7.95. The highest BCUT2D eigenvalue weighted by molar-refractivity contribution is 6.29. The molecule has 0 bridgehead atoms. The van der Waals surface area contributed by atoms with E-state index < -0.39 is 4.92 Å². The Morgan fingerprint density at radius 2 is 1.23 bits per heavy atom. The molecule has 0 aliphatic rings. The van der Waals surface area contributed by atoms with Gasteiger partial charge in [0.2, 0.25) is 0 Å². The highest BCUT2D eigenvalue weighted by Gasteiger charge is 2.36. The molecule has 0 fully saturated rings. The van der Waals surface area contributed by atoms with Crippen LogP contribution in [0.1, 0.15) is 75.6 Å². The van der Waals surface area contributed by atoms with Gasteiger partial charge in [-0.3, -0.25) is 25.0 Å². The zero-order chi connectivity index (χ0) is 28.4. The van der Waals surface area contributed by atoms with Gasteiger partial charge in [-0.25, -0.2) is 0 Å². The van der Waals surface area contributed by atoms with Crippen LogP contribution in [-0.4, -0.2) is 25.3 Å². The number of hydrogen-bond acceptors (Lipinski definition) is 5. The van der Waals surface area contributed by atoms with Crippen LogP contribution in [0.4, 0.5) is 11.4 Å². The molecule has 0 saturated carbocycles. The van der Waals surface area contributed by atoms with E-state index in [1.165, 1.54) is 0 Å². The number of benzene rings is 3. The molecule has 9 nitrogen and oxygen atoms in total. The van der Waals surface area contributed by atoms with Gasteiger partial charge in [0.05, 0.1) is 20.6 Å². The predicted octanol–water partition coefficient (Wildman–Crippen LogP) is 8.69. The van der Waals surface area contributed by atoms with Gasteiger partial charge in [-0.1, -0.05) is 70.6 Å². The lowest BCUT2D eigenvalue weighted by atomic mass is 10.0. The molecule has 0 aliphatic heterocycles. The summed E-state index contributed by atoms with van der Waals surface area (Å²) in [6.07, 6.45) is 8.36. The number of non-ortho nitro benzene ring substituents is 2. The number of carbonyl (C=O) groups excluding carboxylic acids is 1. The fourth-order valence-electron chi connectivity index (χ4n) is 6.17. The van der Waals surface area contributed by atoms with Crippen LogP contribution in [0.25, 0.3) is 43.6 Å². The average Bonchev–Trinajstić information content (AvgIpc) is 3.44. The number of fused-ring (bicyclic) bond motifs is 6. The van der Waals surface area contributed by atoms with Gasteiger partial charge < -0.3 is 9.13 Å². The second-order valence-corrected chi connectivity index (χ2v) is 10.5. The topological polar surface area (TPSA) is 113 Å². The number of carbonyl (C=O) groups is 1. The van der Waals surface area contributed by atoms with Gasteiger partial charge >= 0.3 is 11.4 Å². The summed E-state index contributed by atoms with van der Waals surface area (Å²) in [4.78, 5) is 36.9. The first-order valence-electron chi connectivity index (χ1n) is 14.2. The molecule has 208 valence electrons. The molecule has 40 heavy (non-hydrogen) atoms. The van der Waals surface area contributed by atoms with Gasteiger partial charge in [0, 0.05) is 40.5 Å². The van der Waals surface area contributed by atoms with Crippen LogP contribution in [0.5, 0.6) is 0 Å². The van der Waals surface area contributed by atoms with Gasteiger partial charge in [0.25, 0.3) is 0 Å². The van der Waals surface area contributed by atoms with Gasteiger partial charge in [-0.2, -0.15) is 0 Å². The van der Waals surface area contributed by atoms with Crippen molar-refractivity contribution in [3.8, 4) is 0 Å². The first-order valence-corrected chi connectivity index (χ1v) is 14.2. The Kier molecular flexibility index (Phi) is 7.82. The Bertz CT molecular complexity index is 1760. The van der Waals surface area contributed by atoms with Crippen molar-refractivity contribution in [1.82, 2.24) is 9.13 Å². The summed E-state index contributed by atoms with van der Waals surface area (Å²) >= 11 is 0. The third kappa shape index (κ3) is 4.49. The average molecular weight is 543 g/mol. The number of hydrogen-bond donors (Lipinski definition) is 0. The van der Waals surface area contributed by atoms with E-state index in [0.717, 1.165) is 56.9 Å². The molecule has 0 aliphatic carbocycles. The molecule has 0 atom stereocenters. The highest BCUT2D eigenvalue weighted by Crippen LogP contribution is 2.50. The van der Waals surface area contributed by atoms with Crippen LogP contribution in [-0.2, 0) is 13.1 Å². The molecule has 9 heteroatoms. The number of nitro benzene ring substituents is 2. The van der Waals surface area contributed by atoms with Crippen molar-refractivity contribution in [3.05, 3.63) is 68.3 Å². The highest BCUT2D eigenvalue weighted by atomic mass is 16.6. The van der Waals surface area contributed by atoms with Gasteiger partial charge in [-0.15, -0.1) is 0 Å². The lowest BCUT2D eigenvalue weighted by molar-refractivity contribution is -0.384. The van der Waals surface area contributed by atoms with E-state index in [9.17, 15) is 25.0 Å². The minimum Gasteiger partial charge on any atom is -0.335 e. The first kappa shape index (κ1) is 27.3. The molecular formula is C31H34N4O5. The summed E-state index contributed by atoms with van der Waals surface area (Å²) in [5.74, 6) is 0. The van der Waals surface area contributed by atoms with Crippen LogP contribution in [0.3, 0.4) is 0 Å². The maximum absolute atomic E-state index is 13.0. The molecule has 2 aromatic heterocycles. The number of unbranched alkanes of at least 4 members (excludes halogenated alkanes) is 6. The normalized spacial score (nSPS) is 11.8. The molecule has 5 rings (SSSR count). The van der Waals surface area contributed by atoms with Crippen molar-refractivity contribution in [2.75, 3.05) is 0 Å². The lowest BCUT2D eigenvalue weighted by Crippen LogP contribution is -2.04. The SMILES string of the molecule is CCCCCCn1c2ccccc2c2c([N+](=O)[O-])c3c(c([N+](=O)[O-])c21)c1cc(C=O)ccc1n3CCCCCC. The van der Waals surface area contributed by atoms with Crippen LogP contribution >= 0.6 is 0 Å². The molecule has 0 radical (unpaired) electrons. The predicted molar refractivity (Wildman–Crippen MR) is 159 cm³/mol. The first-order chi connectivity index (χ1) is 19.4. The quantitative estimate of drug-likeness (QED) is 0.0639. The number of aromatic nitrogens is 2. The van der Waals surface area contributed by atoms with Crippen molar-refractivity contribution < 1.29 is 14.6 Å². The zero-order valence-corrected chi connectivity index (χ0v) is 23.0. The number of nitro groups is 2. The molecule has 0 saturated heterocycles. The van der Waals surface area contributed by atoms with Crippen LogP contribution < -0.4 is 0 Å². The number of nitrogens with zero attached hydrogens (tertiary/aromatic N) is 4. The monoisotopic (exact) mass is 542 g/mol. The largest absolute Gasteiger partial charge is 0.335 e. The molecule has 5 aromatic rings. The molecule has 0 amide bonds. The summed E-state index contributed by atoms with van der Waals surface area (Å²) in [6.45, 7) is 5.24. The van der Waals surface area contributed by atoms with Crippen molar-refractivity contribution in [3.63, 3.8) is 0 Å². The summed E-state index contributed by atoms with van der Waals surface area (Å²) in [5, 5.41) is 27.6. The Hall–Kier alpha value is -4.27. The molecule has 0 N–H and O–H groups in total. The second-order valence-electron chi connectivity index (χ2n) is 10.5. The number of rotatable bonds is 13. The second kappa shape index (κ2) is 11.5. The zero-order valence-electron chi connectivity index (χ0n) is 23.0. The smallest absolute Gasteiger partial charge is 0.304 e. The number of para-hydroxylation sites is 1. The summed E-state index contributed by atoms with van der Waals surface area (Å²) in [6, 6.07) is 12.4. The summed E-state index contributed by atoms with van der Waals surface area (Å²) in [7, 11) is 0. The maximum atomic E-state index is 13.0. The van der Waals surface area contributed by atoms with Crippen LogP contribution in [0.2, 0.25) is 0 Å². The summed E-state index contributed by atoms with van der Waals surface area (Å²) < 4.78 is 3.77. The van der Waals surface area contributed by atoms with E-state index in [1.54, 1.807) is 18.2 Å². The fraction of sp³-hybridized carbons (Fsp3) is 0.387. The Morgan fingerprint density at radius 3 is 1.75 bits per heavy atom. The number of aldehydes is 1. The molecule has 3 aromatic carbocycles. The molecule has 2 heterocycles. The standard InChI is InChI=1S/C31H34N4O5/c1-3-5-7-11-17-32-24-14-10-9-13-22(24)26-28(32)31(35(39)40)27-23-19-21(20-36)15-16-25(23)33(18-12-8-6-4-2)29(27)30(26)34(37)38/h9-10,13-16,19-20H,3-8,11-12,17-18H2,1-2H3. The Morgan fingerprint density at radius 1 is 0.700 bits per heavy atom. The van der Waals surface area contributed by atoms with Crippen molar-refractivity contribution in [1.29, 1.82) is 0 Å².